The number of halogens is 1. The van der Waals surface area contributed by atoms with Crippen molar-refractivity contribution in [2.45, 2.75) is 26.7 Å². The Hall–Kier alpha value is -1.62. The van der Waals surface area contributed by atoms with Crippen molar-refractivity contribution in [1.29, 1.82) is 0 Å². The lowest BCUT2D eigenvalue weighted by molar-refractivity contribution is 0.0564. The number of nitrogens with zero attached hydrogens (tertiary/aromatic N) is 1. The van der Waals surface area contributed by atoms with Crippen LogP contribution in [0.4, 0.5) is 0 Å². The summed E-state index contributed by atoms with van der Waals surface area (Å²) < 4.78 is 11.3. The highest BCUT2D eigenvalue weighted by molar-refractivity contribution is 9.10. The van der Waals surface area contributed by atoms with Gasteiger partial charge in [0, 0.05) is 10.0 Å². The van der Waals surface area contributed by atoms with Gasteiger partial charge in [0.1, 0.15) is 0 Å². The van der Waals surface area contributed by atoms with Crippen molar-refractivity contribution < 1.29 is 13.9 Å². The molecule has 0 aliphatic carbocycles. The van der Waals surface area contributed by atoms with E-state index in [0.29, 0.717) is 18.0 Å². The monoisotopic (exact) mass is 337 g/mol. The highest BCUT2D eigenvalue weighted by atomic mass is 79.9. The number of esters is 1. The smallest absolute Gasteiger partial charge is 0.376 e. The highest BCUT2D eigenvalue weighted by Crippen LogP contribution is 2.28. The Morgan fingerprint density at radius 2 is 2.20 bits per heavy atom. The minimum atomic E-state index is -0.486. The molecule has 0 atom stereocenters. The van der Waals surface area contributed by atoms with Crippen LogP contribution in [0.25, 0.3) is 11.5 Å². The van der Waals surface area contributed by atoms with Gasteiger partial charge in [0.2, 0.25) is 11.7 Å². The van der Waals surface area contributed by atoms with Crippen molar-refractivity contribution in [2.75, 3.05) is 7.11 Å². The molecule has 1 heterocycles. The molecule has 106 valence electrons. The van der Waals surface area contributed by atoms with E-state index in [1.54, 1.807) is 0 Å². The molecule has 0 aliphatic heterocycles. The SMILES string of the molecule is CCCc1nc(-c2cc(Br)ccc2C)oc1C(=O)OC. The third kappa shape index (κ3) is 2.93. The van der Waals surface area contributed by atoms with Gasteiger partial charge in [0.25, 0.3) is 0 Å². The summed E-state index contributed by atoms with van der Waals surface area (Å²) in [6, 6.07) is 5.86. The fraction of sp³-hybridized carbons (Fsp3) is 0.333. The molecule has 1 aromatic heterocycles. The molecule has 20 heavy (non-hydrogen) atoms. The predicted octanol–water partition coefficient (Wildman–Crippen LogP) is 4.15. The van der Waals surface area contributed by atoms with Crippen LogP contribution >= 0.6 is 15.9 Å². The van der Waals surface area contributed by atoms with Gasteiger partial charge in [0.15, 0.2) is 0 Å². The molecule has 0 aliphatic rings. The number of hydrogen-bond donors (Lipinski definition) is 0. The quantitative estimate of drug-likeness (QED) is 0.786. The van der Waals surface area contributed by atoms with Gasteiger partial charge < -0.3 is 9.15 Å². The van der Waals surface area contributed by atoms with Gasteiger partial charge in [-0.3, -0.25) is 0 Å². The Labute approximate surface area is 126 Å². The minimum Gasteiger partial charge on any atom is -0.463 e. The van der Waals surface area contributed by atoms with Crippen LogP contribution < -0.4 is 0 Å². The molecule has 2 aromatic rings. The van der Waals surface area contributed by atoms with Crippen LogP contribution in [0.3, 0.4) is 0 Å². The lowest BCUT2D eigenvalue weighted by atomic mass is 10.1. The number of carbonyl (C=O) groups is 1. The van der Waals surface area contributed by atoms with Crippen molar-refractivity contribution in [3.63, 3.8) is 0 Å². The number of carbonyl (C=O) groups excluding carboxylic acids is 1. The van der Waals surface area contributed by atoms with Gasteiger partial charge in [-0.25, -0.2) is 9.78 Å². The molecular formula is C15H16BrNO3. The molecule has 0 N–H and O–H groups in total. The molecule has 0 bridgehead atoms. The Bertz CT molecular complexity index is 634. The predicted molar refractivity (Wildman–Crippen MR) is 79.7 cm³/mol. The van der Waals surface area contributed by atoms with Crippen molar-refractivity contribution in [1.82, 2.24) is 4.98 Å². The Kier molecular flexibility index (Phi) is 4.60. The van der Waals surface area contributed by atoms with Crippen LogP contribution in [0.2, 0.25) is 0 Å². The van der Waals surface area contributed by atoms with E-state index in [1.165, 1.54) is 7.11 Å². The summed E-state index contributed by atoms with van der Waals surface area (Å²) in [7, 11) is 1.34. The van der Waals surface area contributed by atoms with E-state index in [-0.39, 0.29) is 5.76 Å². The first-order valence-electron chi connectivity index (χ1n) is 6.41. The summed E-state index contributed by atoms with van der Waals surface area (Å²) in [5.74, 6) is 0.163. The molecule has 0 unspecified atom stereocenters. The van der Waals surface area contributed by atoms with Crippen molar-refractivity contribution in [3.8, 4) is 11.5 Å². The number of oxazole rings is 1. The standard InChI is InChI=1S/C15H16BrNO3/c1-4-5-12-13(15(18)19-3)20-14(17-12)11-8-10(16)7-6-9(11)2/h6-8H,4-5H2,1-3H3. The molecule has 4 nitrogen and oxygen atoms in total. The summed E-state index contributed by atoms with van der Waals surface area (Å²) in [6.07, 6.45) is 1.56. The number of aromatic nitrogens is 1. The fourth-order valence-corrected chi connectivity index (χ4v) is 2.31. The molecule has 5 heteroatoms. The molecule has 2 rings (SSSR count). The second-order valence-corrected chi connectivity index (χ2v) is 5.41. The lowest BCUT2D eigenvalue weighted by Crippen LogP contribution is -2.03. The molecule has 1 aromatic carbocycles. The third-order valence-electron chi connectivity index (χ3n) is 2.98. The third-order valence-corrected chi connectivity index (χ3v) is 3.48. The summed E-state index contributed by atoms with van der Waals surface area (Å²) in [6.45, 7) is 4.00. The first kappa shape index (κ1) is 14.8. The van der Waals surface area contributed by atoms with E-state index >= 15 is 0 Å². The van der Waals surface area contributed by atoms with E-state index in [4.69, 9.17) is 9.15 Å². The summed E-state index contributed by atoms with van der Waals surface area (Å²) in [5, 5.41) is 0. The van der Waals surface area contributed by atoms with Gasteiger partial charge in [-0.2, -0.15) is 0 Å². The van der Waals surface area contributed by atoms with Crippen LogP contribution in [0, 0.1) is 6.92 Å². The first-order valence-corrected chi connectivity index (χ1v) is 7.20. The van der Waals surface area contributed by atoms with E-state index < -0.39 is 5.97 Å². The lowest BCUT2D eigenvalue weighted by Gasteiger charge is -2.01. The maximum Gasteiger partial charge on any atom is 0.376 e. The van der Waals surface area contributed by atoms with Crippen LogP contribution in [-0.2, 0) is 11.2 Å². The van der Waals surface area contributed by atoms with E-state index in [9.17, 15) is 4.79 Å². The Morgan fingerprint density at radius 1 is 1.45 bits per heavy atom. The van der Waals surface area contributed by atoms with Crippen LogP contribution in [0.5, 0.6) is 0 Å². The molecule has 0 amide bonds. The second kappa shape index (κ2) is 6.22. The normalized spacial score (nSPS) is 10.6. The Morgan fingerprint density at radius 3 is 2.85 bits per heavy atom. The largest absolute Gasteiger partial charge is 0.463 e. The van der Waals surface area contributed by atoms with Crippen LogP contribution in [0.15, 0.2) is 27.1 Å². The van der Waals surface area contributed by atoms with Gasteiger partial charge in [-0.1, -0.05) is 35.3 Å². The van der Waals surface area contributed by atoms with Gasteiger partial charge >= 0.3 is 5.97 Å². The highest BCUT2D eigenvalue weighted by Gasteiger charge is 2.21. The van der Waals surface area contributed by atoms with Crippen molar-refractivity contribution in [2.24, 2.45) is 0 Å². The number of benzene rings is 1. The number of rotatable bonds is 4. The molecular weight excluding hydrogens is 322 g/mol. The fourth-order valence-electron chi connectivity index (χ4n) is 1.95. The van der Waals surface area contributed by atoms with E-state index in [1.807, 2.05) is 32.0 Å². The van der Waals surface area contributed by atoms with Gasteiger partial charge in [-0.05, 0) is 31.0 Å². The molecule has 0 spiro atoms. The first-order chi connectivity index (χ1) is 9.56. The molecule has 0 saturated heterocycles. The van der Waals surface area contributed by atoms with Crippen molar-refractivity contribution in [3.05, 3.63) is 39.7 Å². The van der Waals surface area contributed by atoms with E-state index in [2.05, 4.69) is 20.9 Å². The number of methoxy groups -OCH3 is 1. The topological polar surface area (TPSA) is 52.3 Å². The van der Waals surface area contributed by atoms with Crippen LogP contribution in [0.1, 0.15) is 35.2 Å². The zero-order valence-electron chi connectivity index (χ0n) is 11.7. The van der Waals surface area contributed by atoms with Crippen LogP contribution in [-0.4, -0.2) is 18.1 Å². The average molecular weight is 338 g/mol. The molecule has 0 saturated carbocycles. The van der Waals surface area contributed by atoms with Gasteiger partial charge in [0.05, 0.1) is 12.8 Å². The average Bonchev–Trinajstić information content (AvgIpc) is 2.85. The number of aryl methyl sites for hydroxylation is 2. The Balaban J connectivity index is 2.52. The minimum absolute atomic E-state index is 0.198. The second-order valence-electron chi connectivity index (χ2n) is 4.50. The summed E-state index contributed by atoms with van der Waals surface area (Å²) in [5.41, 5.74) is 2.55. The zero-order chi connectivity index (χ0) is 14.7. The zero-order valence-corrected chi connectivity index (χ0v) is 13.3. The number of ether oxygens (including phenoxy) is 1. The van der Waals surface area contributed by atoms with Gasteiger partial charge in [-0.15, -0.1) is 0 Å². The molecule has 0 radical (unpaired) electrons. The number of hydrogen-bond acceptors (Lipinski definition) is 4. The summed E-state index contributed by atoms with van der Waals surface area (Å²) in [4.78, 5) is 16.2. The maximum absolute atomic E-state index is 11.7. The maximum atomic E-state index is 11.7. The molecule has 0 fully saturated rings. The summed E-state index contributed by atoms with van der Waals surface area (Å²) >= 11 is 3.43. The van der Waals surface area contributed by atoms with E-state index in [0.717, 1.165) is 22.0 Å². The van der Waals surface area contributed by atoms with Crippen molar-refractivity contribution >= 4 is 21.9 Å².